The van der Waals surface area contributed by atoms with E-state index in [1.54, 1.807) is 29.8 Å². The van der Waals surface area contributed by atoms with Gasteiger partial charge >= 0.3 is 6.03 Å². The number of amides is 2. The molecule has 0 saturated carbocycles. The number of benzene rings is 2. The topological polar surface area (TPSA) is 211 Å². The number of aliphatic hydroxyl groups is 2. The molecule has 0 unspecified atom stereocenters. The van der Waals surface area contributed by atoms with Crippen LogP contribution >= 0.6 is 0 Å². The summed E-state index contributed by atoms with van der Waals surface area (Å²) in [5.74, 6) is 2.59. The Bertz CT molecular complexity index is 2070. The molecule has 3 aliphatic rings. The molecule has 6 N–H and O–H groups in total. The lowest BCUT2D eigenvalue weighted by atomic mass is 9.91. The van der Waals surface area contributed by atoms with Gasteiger partial charge in [0, 0.05) is 44.2 Å². The van der Waals surface area contributed by atoms with E-state index < -0.39 is 30.6 Å². The first-order chi connectivity index (χ1) is 27.3. The SMILES string of the molecule is CCc1cc([C@H]2O[C@@H](n3cnc4c(NCC(c5ccc(OC)cc5)c5ccc(OC)cc5)nc(N5CC[C@@H](N(C(N)=O)[C@@H]6CCNC6)C5)nc43)[C@H](O)[C@@H]2O)on1. The van der Waals surface area contributed by atoms with E-state index in [0.29, 0.717) is 73.4 Å². The summed E-state index contributed by atoms with van der Waals surface area (Å²) < 4.78 is 24.3. The number of carbonyl (C=O) groups excluding carboxylic acids is 1. The number of aliphatic hydroxyl groups excluding tert-OH is 2. The minimum absolute atomic E-state index is 0.0190. The molecule has 0 aliphatic carbocycles. The van der Waals surface area contributed by atoms with E-state index in [2.05, 4.69) is 15.8 Å². The highest BCUT2D eigenvalue weighted by molar-refractivity contribution is 5.84. The lowest BCUT2D eigenvalue weighted by Gasteiger charge is -2.32. The van der Waals surface area contributed by atoms with Gasteiger partial charge in [0.1, 0.15) is 29.8 Å². The Hall–Kier alpha value is -5.49. The molecular weight excluding hydrogens is 720 g/mol. The molecule has 56 heavy (non-hydrogen) atoms. The van der Waals surface area contributed by atoms with Crippen molar-refractivity contribution in [3.63, 3.8) is 0 Å². The van der Waals surface area contributed by atoms with Gasteiger partial charge in [-0.15, -0.1) is 0 Å². The number of anilines is 2. The number of methoxy groups -OCH3 is 2. The fourth-order valence-corrected chi connectivity index (χ4v) is 8.09. The van der Waals surface area contributed by atoms with Crippen molar-refractivity contribution in [2.75, 3.05) is 57.2 Å². The van der Waals surface area contributed by atoms with Crippen LogP contribution in [0.15, 0.2) is 65.4 Å². The number of rotatable bonds is 13. The normalized spacial score (nSPS) is 23.6. The second-order valence-electron chi connectivity index (χ2n) is 14.5. The van der Waals surface area contributed by atoms with Crippen molar-refractivity contribution >= 4 is 29.0 Å². The molecule has 17 nitrogen and oxygen atoms in total. The molecule has 6 atom stereocenters. The Kier molecular flexibility index (Phi) is 10.7. The number of aryl methyl sites for hydroxylation is 1. The van der Waals surface area contributed by atoms with Crippen molar-refractivity contribution in [3.05, 3.63) is 83.5 Å². The lowest BCUT2D eigenvalue weighted by molar-refractivity contribution is -0.0434. The third-order valence-electron chi connectivity index (χ3n) is 11.2. The van der Waals surface area contributed by atoms with Crippen LogP contribution in [0.3, 0.4) is 0 Å². The van der Waals surface area contributed by atoms with Crippen molar-refractivity contribution in [3.8, 4) is 11.5 Å². The first-order valence-electron chi connectivity index (χ1n) is 19.0. The van der Waals surface area contributed by atoms with Crippen molar-refractivity contribution in [1.82, 2.24) is 34.9 Å². The average Bonchev–Trinajstić information content (AvgIpc) is 4.08. The van der Waals surface area contributed by atoms with Crippen LogP contribution in [0, 0.1) is 0 Å². The lowest BCUT2D eigenvalue weighted by Crippen LogP contribution is -2.51. The maximum Gasteiger partial charge on any atom is 0.315 e. The van der Waals surface area contributed by atoms with Crippen molar-refractivity contribution in [1.29, 1.82) is 0 Å². The van der Waals surface area contributed by atoms with Crippen LogP contribution in [0.5, 0.6) is 11.5 Å². The number of urea groups is 1. The number of hydrogen-bond donors (Lipinski definition) is 5. The molecule has 8 rings (SSSR count). The van der Waals surface area contributed by atoms with Gasteiger partial charge in [-0.05, 0) is 61.2 Å². The summed E-state index contributed by atoms with van der Waals surface area (Å²) in [6.45, 7) is 4.97. The molecule has 296 valence electrons. The number of imidazole rings is 1. The summed E-state index contributed by atoms with van der Waals surface area (Å²) >= 11 is 0. The van der Waals surface area contributed by atoms with Crippen LogP contribution in [0.4, 0.5) is 16.6 Å². The fourth-order valence-electron chi connectivity index (χ4n) is 8.09. The van der Waals surface area contributed by atoms with Crippen LogP contribution in [-0.4, -0.2) is 117 Å². The van der Waals surface area contributed by atoms with E-state index in [9.17, 15) is 15.0 Å². The second-order valence-corrected chi connectivity index (χ2v) is 14.5. The number of nitrogens with one attached hydrogen (secondary N) is 2. The zero-order chi connectivity index (χ0) is 38.9. The molecule has 17 heteroatoms. The molecular formula is C39H48N10O7. The highest BCUT2D eigenvalue weighted by atomic mass is 16.6. The minimum Gasteiger partial charge on any atom is -0.497 e. The van der Waals surface area contributed by atoms with Crippen molar-refractivity contribution in [2.24, 2.45) is 5.73 Å². The Morgan fingerprint density at radius 1 is 1.04 bits per heavy atom. The molecule has 0 spiro atoms. The van der Waals surface area contributed by atoms with E-state index in [-0.39, 0.29) is 18.0 Å². The molecule has 2 amide bonds. The molecule has 3 saturated heterocycles. The molecule has 5 aromatic rings. The summed E-state index contributed by atoms with van der Waals surface area (Å²) in [5.41, 5.74) is 9.60. The number of nitrogens with zero attached hydrogens (tertiary/aromatic N) is 7. The predicted molar refractivity (Wildman–Crippen MR) is 206 cm³/mol. The Morgan fingerprint density at radius 3 is 2.36 bits per heavy atom. The highest BCUT2D eigenvalue weighted by Crippen LogP contribution is 2.41. The minimum atomic E-state index is -1.34. The smallest absolute Gasteiger partial charge is 0.315 e. The van der Waals surface area contributed by atoms with Gasteiger partial charge in [-0.2, -0.15) is 9.97 Å². The van der Waals surface area contributed by atoms with Crippen molar-refractivity contribution in [2.45, 2.75) is 68.7 Å². The zero-order valence-corrected chi connectivity index (χ0v) is 31.6. The molecule has 0 radical (unpaired) electrons. The van der Waals surface area contributed by atoms with Crippen LogP contribution in [-0.2, 0) is 11.2 Å². The summed E-state index contributed by atoms with van der Waals surface area (Å²) in [6, 6.07) is 17.1. The van der Waals surface area contributed by atoms with Crippen LogP contribution in [0.25, 0.3) is 11.2 Å². The van der Waals surface area contributed by atoms with Gasteiger partial charge < -0.3 is 55.1 Å². The molecule has 2 aromatic carbocycles. The predicted octanol–water partition coefficient (Wildman–Crippen LogP) is 2.95. The molecule has 3 aromatic heterocycles. The number of hydrogen-bond acceptors (Lipinski definition) is 14. The van der Waals surface area contributed by atoms with E-state index in [4.69, 9.17) is 39.4 Å². The van der Waals surface area contributed by atoms with Gasteiger partial charge in [0.25, 0.3) is 0 Å². The van der Waals surface area contributed by atoms with E-state index in [1.807, 2.05) is 60.4 Å². The maximum atomic E-state index is 12.7. The molecule has 3 fully saturated rings. The third kappa shape index (κ3) is 7.18. The first-order valence-corrected chi connectivity index (χ1v) is 19.0. The number of fused-ring (bicyclic) bond motifs is 1. The van der Waals surface area contributed by atoms with Gasteiger partial charge in [-0.3, -0.25) is 4.57 Å². The summed E-state index contributed by atoms with van der Waals surface area (Å²) in [5, 5.41) is 33.5. The Labute approximate surface area is 323 Å². The van der Waals surface area contributed by atoms with E-state index in [1.165, 1.54) is 6.33 Å². The van der Waals surface area contributed by atoms with Gasteiger partial charge in [0.05, 0.1) is 32.3 Å². The molecule has 0 bridgehead atoms. The van der Waals surface area contributed by atoms with Gasteiger partial charge in [-0.1, -0.05) is 36.3 Å². The Morgan fingerprint density at radius 2 is 1.75 bits per heavy atom. The summed E-state index contributed by atoms with van der Waals surface area (Å²) in [4.78, 5) is 31.4. The van der Waals surface area contributed by atoms with Crippen LogP contribution in [0.1, 0.15) is 60.6 Å². The van der Waals surface area contributed by atoms with Gasteiger partial charge in [0.2, 0.25) is 5.95 Å². The maximum absolute atomic E-state index is 12.7. The van der Waals surface area contributed by atoms with Gasteiger partial charge in [0.15, 0.2) is 29.0 Å². The number of primary amides is 1. The second kappa shape index (κ2) is 15.9. The highest BCUT2D eigenvalue weighted by Gasteiger charge is 2.47. The number of ether oxygens (including phenoxy) is 3. The quantitative estimate of drug-likeness (QED) is 0.117. The van der Waals surface area contributed by atoms with E-state index >= 15 is 0 Å². The number of carbonyl (C=O) groups is 1. The fraction of sp³-hybridized carbons (Fsp3) is 0.462. The summed E-state index contributed by atoms with van der Waals surface area (Å²) in [6.07, 6.45) is -0.942. The standard InChI is InChI=1S/C39H48N10O7/c1-4-24-17-30(56-46-24)34-32(50)33(51)37(55-34)48-21-43-31-35(42-19-29(22-5-9-27(53-2)10-6-22)23-7-11-28(54-3)12-8-23)44-39(45-36(31)48)47-16-14-26(20-47)49(38(40)52)25-13-15-41-18-25/h5-12,17,21,25-26,29,32-34,37,41,50-51H,4,13-16,18-20H2,1-3H3,(H2,40,52)(H,42,44,45)/t25-,26-,32+,33-,34-,37-/m1/s1. The van der Waals surface area contributed by atoms with Crippen LogP contribution in [0.2, 0.25) is 0 Å². The van der Waals surface area contributed by atoms with E-state index in [0.717, 1.165) is 35.6 Å². The molecule has 6 heterocycles. The Balaban J connectivity index is 1.15. The molecule has 3 aliphatic heterocycles. The third-order valence-corrected chi connectivity index (χ3v) is 11.2. The number of nitrogens with two attached hydrogens (primary N) is 1. The average molecular weight is 769 g/mol. The largest absolute Gasteiger partial charge is 0.497 e. The zero-order valence-electron chi connectivity index (χ0n) is 31.6. The summed E-state index contributed by atoms with van der Waals surface area (Å²) in [7, 11) is 3.28. The number of aromatic nitrogens is 5. The monoisotopic (exact) mass is 768 g/mol. The van der Waals surface area contributed by atoms with Crippen molar-refractivity contribution < 1.29 is 33.7 Å². The van der Waals surface area contributed by atoms with Crippen LogP contribution < -0.4 is 30.7 Å². The van der Waals surface area contributed by atoms with Gasteiger partial charge in [-0.25, -0.2) is 9.78 Å². The first kappa shape index (κ1) is 37.4.